The molecule has 3 aromatic carbocycles. The van der Waals surface area contributed by atoms with Gasteiger partial charge in [0.05, 0.1) is 17.3 Å². The number of anilines is 2. The number of amides is 1. The third kappa shape index (κ3) is 5.48. The SMILES string of the molecule is O=C(CN1CCN(c2ccccc2O)CC1)Nc1ccc(Oc2ccccc2Cl)cc1. The zero-order valence-corrected chi connectivity index (χ0v) is 17.8. The summed E-state index contributed by atoms with van der Waals surface area (Å²) in [7, 11) is 0. The number of rotatable bonds is 6. The van der Waals surface area contributed by atoms with Crippen molar-refractivity contribution in [1.82, 2.24) is 4.90 Å². The largest absolute Gasteiger partial charge is 0.506 e. The molecule has 0 aliphatic carbocycles. The molecule has 4 rings (SSSR count). The summed E-state index contributed by atoms with van der Waals surface area (Å²) >= 11 is 6.12. The Morgan fingerprint density at radius 3 is 2.32 bits per heavy atom. The Hall–Kier alpha value is -3.22. The number of phenolic OH excluding ortho intramolecular Hbond substituents is 1. The summed E-state index contributed by atoms with van der Waals surface area (Å²) < 4.78 is 5.77. The van der Waals surface area contributed by atoms with E-state index in [1.165, 1.54) is 0 Å². The van der Waals surface area contributed by atoms with Crippen LogP contribution in [0.5, 0.6) is 17.2 Å². The third-order valence-electron chi connectivity index (χ3n) is 5.16. The van der Waals surface area contributed by atoms with Crippen LogP contribution in [0.1, 0.15) is 0 Å². The molecule has 0 aromatic heterocycles. The fourth-order valence-corrected chi connectivity index (χ4v) is 3.72. The molecule has 6 nitrogen and oxygen atoms in total. The highest BCUT2D eigenvalue weighted by Gasteiger charge is 2.20. The molecule has 1 saturated heterocycles. The van der Waals surface area contributed by atoms with E-state index in [1.807, 2.05) is 30.3 Å². The van der Waals surface area contributed by atoms with Crippen molar-refractivity contribution in [3.05, 3.63) is 77.8 Å². The Bertz CT molecular complexity index is 1030. The van der Waals surface area contributed by atoms with E-state index in [0.717, 1.165) is 31.9 Å². The molecule has 0 atom stereocenters. The van der Waals surface area contributed by atoms with Crippen molar-refractivity contribution in [1.29, 1.82) is 0 Å². The molecule has 0 radical (unpaired) electrons. The van der Waals surface area contributed by atoms with Gasteiger partial charge in [0.1, 0.15) is 17.2 Å². The van der Waals surface area contributed by atoms with Crippen LogP contribution in [0.4, 0.5) is 11.4 Å². The highest BCUT2D eigenvalue weighted by atomic mass is 35.5. The Labute approximate surface area is 186 Å². The maximum atomic E-state index is 12.5. The van der Waals surface area contributed by atoms with Crippen molar-refractivity contribution >= 4 is 28.9 Å². The quantitative estimate of drug-likeness (QED) is 0.590. The van der Waals surface area contributed by atoms with E-state index >= 15 is 0 Å². The van der Waals surface area contributed by atoms with E-state index in [4.69, 9.17) is 16.3 Å². The number of hydrogen-bond donors (Lipinski definition) is 2. The Balaban J connectivity index is 1.26. The molecule has 160 valence electrons. The van der Waals surface area contributed by atoms with Crippen LogP contribution in [0, 0.1) is 0 Å². The van der Waals surface area contributed by atoms with Crippen LogP contribution in [-0.4, -0.2) is 48.6 Å². The topological polar surface area (TPSA) is 65.0 Å². The van der Waals surface area contributed by atoms with Gasteiger partial charge in [0.2, 0.25) is 5.91 Å². The van der Waals surface area contributed by atoms with Gasteiger partial charge in [0.25, 0.3) is 0 Å². The number of piperazine rings is 1. The lowest BCUT2D eigenvalue weighted by Crippen LogP contribution is -2.48. The molecule has 2 N–H and O–H groups in total. The van der Waals surface area contributed by atoms with Gasteiger partial charge < -0.3 is 20.1 Å². The van der Waals surface area contributed by atoms with Gasteiger partial charge in [-0.1, -0.05) is 35.9 Å². The zero-order valence-electron chi connectivity index (χ0n) is 17.0. The molecule has 1 fully saturated rings. The van der Waals surface area contributed by atoms with Crippen LogP contribution in [0.2, 0.25) is 5.02 Å². The van der Waals surface area contributed by atoms with Gasteiger partial charge >= 0.3 is 0 Å². The van der Waals surface area contributed by atoms with Crippen molar-refractivity contribution < 1.29 is 14.6 Å². The van der Waals surface area contributed by atoms with Crippen LogP contribution < -0.4 is 15.0 Å². The summed E-state index contributed by atoms with van der Waals surface area (Å²) in [6, 6.07) is 21.8. The summed E-state index contributed by atoms with van der Waals surface area (Å²) in [4.78, 5) is 16.7. The highest BCUT2D eigenvalue weighted by Crippen LogP contribution is 2.29. The zero-order chi connectivity index (χ0) is 21.6. The van der Waals surface area contributed by atoms with E-state index in [-0.39, 0.29) is 11.7 Å². The molecule has 0 saturated carbocycles. The van der Waals surface area contributed by atoms with Gasteiger partial charge in [-0.2, -0.15) is 0 Å². The first-order valence-electron chi connectivity index (χ1n) is 10.2. The fraction of sp³-hybridized carbons (Fsp3) is 0.208. The predicted octanol–water partition coefficient (Wildman–Crippen LogP) is 4.60. The van der Waals surface area contributed by atoms with Crippen molar-refractivity contribution in [2.75, 3.05) is 42.9 Å². The number of carbonyl (C=O) groups excluding carboxylic acids is 1. The number of aromatic hydroxyl groups is 1. The van der Waals surface area contributed by atoms with Crippen molar-refractivity contribution in [3.63, 3.8) is 0 Å². The van der Waals surface area contributed by atoms with Gasteiger partial charge in [-0.05, 0) is 48.5 Å². The highest BCUT2D eigenvalue weighted by molar-refractivity contribution is 6.32. The second-order valence-corrected chi connectivity index (χ2v) is 7.76. The van der Waals surface area contributed by atoms with E-state index in [2.05, 4.69) is 15.1 Å². The smallest absolute Gasteiger partial charge is 0.238 e. The normalized spacial score (nSPS) is 14.3. The number of nitrogens with one attached hydrogen (secondary N) is 1. The van der Waals surface area contributed by atoms with E-state index < -0.39 is 0 Å². The summed E-state index contributed by atoms with van der Waals surface area (Å²) in [5, 5.41) is 13.5. The van der Waals surface area contributed by atoms with Crippen LogP contribution in [-0.2, 0) is 4.79 Å². The van der Waals surface area contributed by atoms with Crippen molar-refractivity contribution in [2.24, 2.45) is 0 Å². The van der Waals surface area contributed by atoms with Gasteiger partial charge in [-0.15, -0.1) is 0 Å². The van der Waals surface area contributed by atoms with Crippen LogP contribution >= 0.6 is 11.6 Å². The van der Waals surface area contributed by atoms with E-state index in [9.17, 15) is 9.90 Å². The average molecular weight is 438 g/mol. The second kappa shape index (κ2) is 9.73. The molecule has 1 heterocycles. The summed E-state index contributed by atoms with van der Waals surface area (Å²) in [5.41, 5.74) is 1.55. The van der Waals surface area contributed by atoms with Crippen LogP contribution in [0.15, 0.2) is 72.8 Å². The first kappa shape index (κ1) is 21.0. The first-order valence-corrected chi connectivity index (χ1v) is 10.5. The van der Waals surface area contributed by atoms with E-state index in [0.29, 0.717) is 28.8 Å². The molecular formula is C24H24ClN3O3. The molecule has 31 heavy (non-hydrogen) atoms. The average Bonchev–Trinajstić information content (AvgIpc) is 2.78. The number of phenols is 1. The second-order valence-electron chi connectivity index (χ2n) is 7.36. The molecule has 0 unspecified atom stereocenters. The first-order chi connectivity index (χ1) is 15.1. The van der Waals surface area contributed by atoms with Gasteiger partial charge in [0.15, 0.2) is 0 Å². The number of carbonyl (C=O) groups is 1. The fourth-order valence-electron chi connectivity index (χ4n) is 3.54. The minimum atomic E-state index is -0.0595. The summed E-state index contributed by atoms with van der Waals surface area (Å²) in [6.45, 7) is 3.36. The minimum Gasteiger partial charge on any atom is -0.506 e. The van der Waals surface area contributed by atoms with Crippen LogP contribution in [0.25, 0.3) is 0 Å². The lowest BCUT2D eigenvalue weighted by Gasteiger charge is -2.35. The number of nitrogens with zero attached hydrogens (tertiary/aromatic N) is 2. The van der Waals surface area contributed by atoms with Gasteiger partial charge in [-0.3, -0.25) is 9.69 Å². The number of benzene rings is 3. The predicted molar refractivity (Wildman–Crippen MR) is 123 cm³/mol. The molecule has 1 aliphatic heterocycles. The molecule has 1 aliphatic rings. The molecule has 0 bridgehead atoms. The van der Waals surface area contributed by atoms with E-state index in [1.54, 1.807) is 42.5 Å². The number of hydrogen-bond acceptors (Lipinski definition) is 5. The lowest BCUT2D eigenvalue weighted by molar-refractivity contribution is -0.117. The van der Waals surface area contributed by atoms with Crippen molar-refractivity contribution in [2.45, 2.75) is 0 Å². The summed E-state index contributed by atoms with van der Waals surface area (Å²) in [6.07, 6.45) is 0. The Morgan fingerprint density at radius 1 is 0.935 bits per heavy atom. The maximum absolute atomic E-state index is 12.5. The number of halogens is 1. The van der Waals surface area contributed by atoms with Crippen LogP contribution in [0.3, 0.4) is 0 Å². The molecule has 0 spiro atoms. The number of ether oxygens (including phenoxy) is 1. The standard InChI is InChI=1S/C24H24ClN3O3/c25-20-5-1-4-8-23(20)31-19-11-9-18(10-12-19)26-24(30)17-27-13-15-28(16-14-27)21-6-2-3-7-22(21)29/h1-12,29H,13-17H2,(H,26,30). The van der Waals surface area contributed by atoms with Gasteiger partial charge in [-0.25, -0.2) is 0 Å². The van der Waals surface area contributed by atoms with Crippen molar-refractivity contribution in [3.8, 4) is 17.2 Å². The monoisotopic (exact) mass is 437 g/mol. The molecular weight excluding hydrogens is 414 g/mol. The summed E-state index contributed by atoms with van der Waals surface area (Å²) in [5.74, 6) is 1.46. The molecule has 3 aromatic rings. The number of para-hydroxylation sites is 3. The third-order valence-corrected chi connectivity index (χ3v) is 5.48. The minimum absolute atomic E-state index is 0.0595. The van der Waals surface area contributed by atoms with Gasteiger partial charge in [0, 0.05) is 31.9 Å². The maximum Gasteiger partial charge on any atom is 0.238 e. The Kier molecular flexibility index (Phi) is 6.60. The Morgan fingerprint density at radius 2 is 1.61 bits per heavy atom. The molecule has 1 amide bonds. The lowest BCUT2D eigenvalue weighted by atomic mass is 10.2. The molecule has 7 heteroatoms.